The number of fused-ring (bicyclic) bond motifs is 1. The Balaban J connectivity index is 2.21. The fourth-order valence-corrected chi connectivity index (χ4v) is 1.77. The predicted octanol–water partition coefficient (Wildman–Crippen LogP) is 3.55. The number of benzene rings is 1. The third kappa shape index (κ3) is 3.15. The van der Waals surface area contributed by atoms with Crippen molar-refractivity contribution in [3.8, 4) is 0 Å². The number of aromatic carboxylic acids is 1. The maximum atomic E-state index is 12.7. The first-order chi connectivity index (χ1) is 9.83. The average molecular weight is 306 g/mol. The van der Waals surface area contributed by atoms with Crippen molar-refractivity contribution < 1.29 is 36.6 Å². The molecule has 0 saturated carbocycles. The number of halogens is 4. The fourth-order valence-electron chi connectivity index (χ4n) is 1.77. The molecule has 0 spiro atoms. The minimum atomic E-state index is -4.29. The van der Waals surface area contributed by atoms with Crippen molar-refractivity contribution in [2.45, 2.75) is 19.0 Å². The summed E-state index contributed by atoms with van der Waals surface area (Å²) >= 11 is 0. The van der Waals surface area contributed by atoms with Gasteiger partial charge in [-0.05, 0) is 6.07 Å². The van der Waals surface area contributed by atoms with Crippen LogP contribution in [0.5, 0.6) is 0 Å². The van der Waals surface area contributed by atoms with Crippen LogP contribution < -0.4 is 0 Å². The summed E-state index contributed by atoms with van der Waals surface area (Å²) in [5.41, 5.74) is 0.275. The number of alkyl halides is 4. The number of carboxylic acid groups (broad SMARTS) is 1. The normalized spacial score (nSPS) is 12.2. The Hall–Kier alpha value is -2.09. The van der Waals surface area contributed by atoms with Crippen molar-refractivity contribution in [2.75, 3.05) is 6.61 Å². The van der Waals surface area contributed by atoms with Gasteiger partial charge < -0.3 is 14.3 Å². The second-order valence-electron chi connectivity index (χ2n) is 4.27. The van der Waals surface area contributed by atoms with Crippen molar-refractivity contribution in [3.63, 3.8) is 0 Å². The number of carbonyl (C=O) groups is 1. The summed E-state index contributed by atoms with van der Waals surface area (Å²) in [7, 11) is 0. The monoisotopic (exact) mass is 306 g/mol. The Morgan fingerprint density at radius 1 is 1.33 bits per heavy atom. The van der Waals surface area contributed by atoms with E-state index in [4.69, 9.17) is 9.52 Å². The third-order valence-electron chi connectivity index (χ3n) is 2.75. The van der Waals surface area contributed by atoms with E-state index in [1.165, 1.54) is 12.1 Å². The van der Waals surface area contributed by atoms with Gasteiger partial charge in [0.25, 0.3) is 0 Å². The Kier molecular flexibility index (Phi) is 4.17. The quantitative estimate of drug-likeness (QED) is 0.829. The van der Waals surface area contributed by atoms with Gasteiger partial charge in [-0.15, -0.1) is 0 Å². The highest BCUT2D eigenvalue weighted by Gasteiger charge is 2.41. The summed E-state index contributed by atoms with van der Waals surface area (Å²) < 4.78 is 59.1. The van der Waals surface area contributed by atoms with Gasteiger partial charge in [0, 0.05) is 10.9 Å². The molecule has 0 amide bonds. The molecule has 2 rings (SSSR count). The van der Waals surface area contributed by atoms with Crippen LogP contribution in [-0.2, 0) is 11.3 Å². The zero-order chi connectivity index (χ0) is 15.6. The molecule has 1 N–H and O–H groups in total. The molecule has 8 heteroatoms. The summed E-state index contributed by atoms with van der Waals surface area (Å²) in [6.07, 6.45) is -3.85. The number of carboxylic acids is 1. The van der Waals surface area contributed by atoms with Crippen molar-refractivity contribution in [3.05, 3.63) is 35.6 Å². The number of para-hydroxylation sites is 1. The number of hydrogen-bond acceptors (Lipinski definition) is 3. The standard InChI is InChI=1S/C13H10F4O4/c14-12(15)13(16,17)6-20-5-8-7-3-1-2-4-9(7)21-10(8)11(18)19/h1-4,12H,5-6H2,(H,18,19). The number of rotatable bonds is 6. The van der Waals surface area contributed by atoms with Crippen LogP contribution in [0, 0.1) is 0 Å². The summed E-state index contributed by atoms with van der Waals surface area (Å²) in [6.45, 7) is -2.08. The van der Waals surface area contributed by atoms with Gasteiger partial charge in [-0.1, -0.05) is 18.2 Å². The van der Waals surface area contributed by atoms with Gasteiger partial charge in [-0.3, -0.25) is 0 Å². The lowest BCUT2D eigenvalue weighted by Crippen LogP contribution is -2.32. The van der Waals surface area contributed by atoms with E-state index in [-0.39, 0.29) is 11.1 Å². The molecule has 0 fully saturated rings. The molecule has 0 atom stereocenters. The van der Waals surface area contributed by atoms with E-state index in [1.54, 1.807) is 12.1 Å². The van der Waals surface area contributed by atoms with Gasteiger partial charge in [0.05, 0.1) is 6.61 Å². The molecular formula is C13H10F4O4. The largest absolute Gasteiger partial charge is 0.475 e. The molecule has 1 aromatic carbocycles. The highest BCUT2D eigenvalue weighted by atomic mass is 19.3. The van der Waals surface area contributed by atoms with E-state index in [0.29, 0.717) is 5.39 Å². The van der Waals surface area contributed by atoms with Gasteiger partial charge in [-0.25, -0.2) is 13.6 Å². The number of furan rings is 1. The van der Waals surface area contributed by atoms with Gasteiger partial charge >= 0.3 is 18.3 Å². The molecule has 0 radical (unpaired) electrons. The second kappa shape index (κ2) is 5.72. The molecule has 114 valence electrons. The van der Waals surface area contributed by atoms with Gasteiger partial charge in [-0.2, -0.15) is 8.78 Å². The number of ether oxygens (including phenoxy) is 1. The van der Waals surface area contributed by atoms with Crippen LogP contribution in [0.4, 0.5) is 17.6 Å². The van der Waals surface area contributed by atoms with Gasteiger partial charge in [0.1, 0.15) is 12.2 Å². The van der Waals surface area contributed by atoms with Crippen LogP contribution in [0.2, 0.25) is 0 Å². The maximum Gasteiger partial charge on any atom is 0.372 e. The lowest BCUT2D eigenvalue weighted by Gasteiger charge is -2.14. The van der Waals surface area contributed by atoms with Gasteiger partial charge in [0.2, 0.25) is 5.76 Å². The van der Waals surface area contributed by atoms with E-state index >= 15 is 0 Å². The molecule has 0 saturated heterocycles. The first kappa shape index (κ1) is 15.3. The topological polar surface area (TPSA) is 59.7 Å². The van der Waals surface area contributed by atoms with Crippen molar-refractivity contribution in [1.29, 1.82) is 0 Å². The summed E-state index contributed by atoms with van der Waals surface area (Å²) in [5.74, 6) is -6.15. The van der Waals surface area contributed by atoms with Crippen LogP contribution in [0.15, 0.2) is 28.7 Å². The predicted molar refractivity (Wildman–Crippen MR) is 63.8 cm³/mol. The Bertz CT molecular complexity index is 651. The average Bonchev–Trinajstić information content (AvgIpc) is 2.78. The van der Waals surface area contributed by atoms with Crippen LogP contribution in [0.3, 0.4) is 0 Å². The van der Waals surface area contributed by atoms with Crippen molar-refractivity contribution >= 4 is 16.9 Å². The Morgan fingerprint density at radius 2 is 2.00 bits per heavy atom. The SMILES string of the molecule is O=C(O)c1oc2ccccc2c1COCC(F)(F)C(F)F. The van der Waals surface area contributed by atoms with Crippen LogP contribution in [0.25, 0.3) is 11.0 Å². The molecule has 0 aliphatic carbocycles. The van der Waals surface area contributed by atoms with Crippen LogP contribution >= 0.6 is 0 Å². The van der Waals surface area contributed by atoms with Crippen molar-refractivity contribution in [2.24, 2.45) is 0 Å². The first-order valence-electron chi connectivity index (χ1n) is 5.80. The first-order valence-corrected chi connectivity index (χ1v) is 5.80. The minimum Gasteiger partial charge on any atom is -0.475 e. The Labute approximate surface area is 115 Å². The molecule has 1 aromatic heterocycles. The van der Waals surface area contributed by atoms with E-state index < -0.39 is 37.3 Å². The molecule has 2 aromatic rings. The lowest BCUT2D eigenvalue weighted by atomic mass is 10.1. The second-order valence-corrected chi connectivity index (χ2v) is 4.27. The molecular weight excluding hydrogens is 296 g/mol. The number of hydrogen-bond donors (Lipinski definition) is 1. The van der Waals surface area contributed by atoms with Crippen molar-refractivity contribution in [1.82, 2.24) is 0 Å². The molecule has 21 heavy (non-hydrogen) atoms. The Morgan fingerprint density at radius 3 is 2.62 bits per heavy atom. The highest BCUT2D eigenvalue weighted by molar-refractivity contribution is 5.94. The van der Waals surface area contributed by atoms with E-state index in [9.17, 15) is 22.4 Å². The zero-order valence-corrected chi connectivity index (χ0v) is 10.5. The minimum absolute atomic E-state index is 0.0307. The fraction of sp³-hybridized carbons (Fsp3) is 0.308. The molecule has 1 heterocycles. The molecule has 4 nitrogen and oxygen atoms in total. The third-order valence-corrected chi connectivity index (χ3v) is 2.75. The smallest absolute Gasteiger partial charge is 0.372 e. The summed E-state index contributed by atoms with van der Waals surface area (Å²) in [6, 6.07) is 6.22. The molecule has 0 bridgehead atoms. The van der Waals surface area contributed by atoms with E-state index in [1.807, 2.05) is 0 Å². The van der Waals surface area contributed by atoms with Crippen LogP contribution in [0.1, 0.15) is 16.1 Å². The van der Waals surface area contributed by atoms with Gasteiger partial charge in [0.15, 0.2) is 0 Å². The highest BCUT2D eigenvalue weighted by Crippen LogP contribution is 2.28. The van der Waals surface area contributed by atoms with Crippen LogP contribution in [-0.4, -0.2) is 30.0 Å². The van der Waals surface area contributed by atoms with E-state index in [2.05, 4.69) is 4.74 Å². The summed E-state index contributed by atoms with van der Waals surface area (Å²) in [4.78, 5) is 11.0. The maximum absolute atomic E-state index is 12.7. The molecule has 0 unspecified atom stereocenters. The van der Waals surface area contributed by atoms with E-state index in [0.717, 1.165) is 0 Å². The zero-order valence-electron chi connectivity index (χ0n) is 10.5. The molecule has 0 aliphatic heterocycles. The molecule has 0 aliphatic rings. The summed E-state index contributed by atoms with van der Waals surface area (Å²) in [5, 5.41) is 9.37. The lowest BCUT2D eigenvalue weighted by molar-refractivity contribution is -0.168.